The Balaban J connectivity index is 1.24. The Labute approximate surface area is 274 Å². The van der Waals surface area contributed by atoms with Gasteiger partial charge in [-0.3, -0.25) is 23.4 Å². The number of aliphatic hydroxyl groups excluding tert-OH is 1. The predicted octanol–water partition coefficient (Wildman–Crippen LogP) is -0.844. The van der Waals surface area contributed by atoms with Crippen LogP contribution in [0.15, 0.2) is 23.8 Å². The van der Waals surface area contributed by atoms with Crippen molar-refractivity contribution in [2.24, 2.45) is 0 Å². The van der Waals surface area contributed by atoms with E-state index in [-0.39, 0.29) is 22.9 Å². The number of methoxy groups -OCH3 is 1. The lowest BCUT2D eigenvalue weighted by atomic mass is 9.98. The average molecular weight is 739 g/mol. The van der Waals surface area contributed by atoms with Crippen LogP contribution in [0.5, 0.6) is 0 Å². The number of nitrogens with zero attached hydrogens (tertiary/aromatic N) is 7. The van der Waals surface area contributed by atoms with Gasteiger partial charge in [0.05, 0.1) is 25.9 Å². The highest BCUT2D eigenvalue weighted by Gasteiger charge is 2.55. The minimum atomic E-state index is -4.36. The maximum absolute atomic E-state index is 15.9. The fourth-order valence-corrected chi connectivity index (χ4v) is 7.37. The van der Waals surface area contributed by atoms with E-state index >= 15 is 4.39 Å². The number of imidazole rings is 2. The molecule has 0 saturated carbocycles. The number of aromatic amines is 1. The first-order valence-corrected chi connectivity index (χ1v) is 18.7. The third-order valence-electron chi connectivity index (χ3n) is 7.67. The van der Waals surface area contributed by atoms with E-state index in [1.54, 1.807) is 0 Å². The van der Waals surface area contributed by atoms with E-state index < -0.39 is 81.3 Å². The van der Waals surface area contributed by atoms with Gasteiger partial charge in [0.2, 0.25) is 5.95 Å². The number of nitrogens with two attached hydrogens (primary N) is 2. The molecule has 4 aromatic rings. The quantitative estimate of drug-likeness (QED) is 0.102. The summed E-state index contributed by atoms with van der Waals surface area (Å²) in [6.45, 7) is -3.89. The van der Waals surface area contributed by atoms with Crippen molar-refractivity contribution in [1.82, 2.24) is 39.0 Å². The van der Waals surface area contributed by atoms with Crippen molar-refractivity contribution in [3.63, 3.8) is 0 Å². The Morgan fingerprint density at radius 1 is 1.17 bits per heavy atom. The molecule has 8 N–H and O–H groups in total. The van der Waals surface area contributed by atoms with Gasteiger partial charge in [-0.25, -0.2) is 24.3 Å². The molecule has 0 bridgehead atoms. The Morgan fingerprint density at radius 2 is 1.87 bits per heavy atom. The molecule has 2 aliphatic heterocycles. The molecule has 10 atom stereocenters. The molecule has 0 amide bonds. The molecule has 0 radical (unpaired) electrons. The first kappa shape index (κ1) is 34.2. The lowest BCUT2D eigenvalue weighted by molar-refractivity contribution is -0.114. The number of rotatable bonds is 11. The summed E-state index contributed by atoms with van der Waals surface area (Å²) in [4.78, 5) is 55.7. The largest absolute Gasteiger partial charge is 0.387 e. The molecule has 2 saturated heterocycles. The van der Waals surface area contributed by atoms with Crippen LogP contribution in [0.3, 0.4) is 0 Å². The van der Waals surface area contributed by atoms with Crippen LogP contribution in [0.4, 0.5) is 16.2 Å². The Kier molecular flexibility index (Phi) is 9.48. The summed E-state index contributed by atoms with van der Waals surface area (Å²) < 4.78 is 52.4. The zero-order valence-electron chi connectivity index (χ0n) is 24.3. The van der Waals surface area contributed by atoms with Gasteiger partial charge < -0.3 is 49.6 Å². The van der Waals surface area contributed by atoms with Crippen LogP contribution in [0.2, 0.25) is 0 Å². The van der Waals surface area contributed by atoms with Gasteiger partial charge in [0.1, 0.15) is 41.9 Å². The second kappa shape index (κ2) is 13.0. The van der Waals surface area contributed by atoms with Crippen LogP contribution >= 0.6 is 13.9 Å². The van der Waals surface area contributed by atoms with Crippen LogP contribution in [-0.2, 0) is 51.4 Å². The number of hydrogen-bond donors (Lipinski definition) is 6. The van der Waals surface area contributed by atoms with Crippen LogP contribution in [0.25, 0.3) is 22.3 Å². The highest BCUT2D eigenvalue weighted by molar-refractivity contribution is 8.07. The van der Waals surface area contributed by atoms with Crippen molar-refractivity contribution < 1.29 is 47.1 Å². The molecule has 2 aliphatic rings. The first-order valence-electron chi connectivity index (χ1n) is 13.6. The fourth-order valence-electron chi connectivity index (χ4n) is 5.39. The number of hydrogen-bond acceptors (Lipinski definition) is 17. The molecule has 0 aliphatic carbocycles. The first-order chi connectivity index (χ1) is 22.2. The molecule has 2 fully saturated rings. The lowest BCUT2D eigenvalue weighted by Gasteiger charge is -2.30. The van der Waals surface area contributed by atoms with E-state index in [0.717, 1.165) is 6.33 Å². The zero-order valence-corrected chi connectivity index (χ0v) is 27.8. The van der Waals surface area contributed by atoms with E-state index in [9.17, 15) is 19.7 Å². The SMILES string of the molecule is CO[C@H]1[C@@H](n2cnc3c(N)ncnc32)O[C@](C)(COP(O)(=S)O[C@@H]2[C@@H](F)[C@@H](CO[PH](O)=S)O[C@H]2n2cnc3c(=O)[nH]c(N)nc32)[C@H]1O. The van der Waals surface area contributed by atoms with Crippen molar-refractivity contribution in [1.29, 1.82) is 0 Å². The molecule has 6 heterocycles. The van der Waals surface area contributed by atoms with Gasteiger partial charge in [0.25, 0.3) is 5.56 Å². The third kappa shape index (κ3) is 6.44. The molecule has 0 spiro atoms. The van der Waals surface area contributed by atoms with Gasteiger partial charge in [0, 0.05) is 7.11 Å². The lowest BCUT2D eigenvalue weighted by Crippen LogP contribution is -2.44. The van der Waals surface area contributed by atoms with Crippen molar-refractivity contribution in [2.45, 2.75) is 55.6 Å². The van der Waals surface area contributed by atoms with Gasteiger partial charge in [-0.05, 0) is 30.5 Å². The molecular weight excluding hydrogens is 709 g/mol. The maximum Gasteiger partial charge on any atom is 0.325 e. The second-order valence-electron chi connectivity index (χ2n) is 10.7. The van der Waals surface area contributed by atoms with E-state index in [0.29, 0.717) is 11.2 Å². The number of nitrogens with one attached hydrogen (secondary N) is 1. The molecule has 6 rings (SSSR count). The van der Waals surface area contributed by atoms with Crippen molar-refractivity contribution in [2.75, 3.05) is 31.8 Å². The fraction of sp³-hybridized carbons (Fsp3) is 0.545. The van der Waals surface area contributed by atoms with Crippen molar-refractivity contribution in [3.05, 3.63) is 29.3 Å². The normalized spacial score (nSPS) is 31.5. The van der Waals surface area contributed by atoms with E-state index in [4.69, 9.17) is 51.1 Å². The Bertz CT molecular complexity index is 1940. The summed E-state index contributed by atoms with van der Waals surface area (Å²) in [5, 5.41) is 11.2. The number of anilines is 2. The van der Waals surface area contributed by atoms with E-state index in [1.807, 2.05) is 0 Å². The van der Waals surface area contributed by atoms with Crippen molar-refractivity contribution >= 4 is 71.6 Å². The number of fused-ring (bicyclic) bond motifs is 2. The predicted molar refractivity (Wildman–Crippen MR) is 168 cm³/mol. The number of H-pyrrole nitrogens is 1. The molecule has 256 valence electrons. The van der Waals surface area contributed by atoms with Crippen LogP contribution < -0.4 is 17.0 Å². The summed E-state index contributed by atoms with van der Waals surface area (Å²) >= 11 is 9.93. The third-order valence-corrected chi connectivity index (χ3v) is 9.98. The number of aromatic nitrogens is 8. The van der Waals surface area contributed by atoms with E-state index in [2.05, 4.69) is 41.7 Å². The smallest absolute Gasteiger partial charge is 0.325 e. The summed E-state index contributed by atoms with van der Waals surface area (Å²) in [5.74, 6) is -0.113. The maximum atomic E-state index is 15.9. The molecule has 2 unspecified atom stereocenters. The number of aliphatic hydroxyl groups is 1. The van der Waals surface area contributed by atoms with Gasteiger partial charge in [0.15, 0.2) is 48.4 Å². The number of halogens is 1. The van der Waals surface area contributed by atoms with E-state index in [1.165, 1.54) is 35.8 Å². The molecule has 47 heavy (non-hydrogen) atoms. The molecule has 20 nitrogen and oxygen atoms in total. The molecular formula is C22H29FN10O10P2S2. The topological polar surface area (TPSA) is 275 Å². The summed E-state index contributed by atoms with van der Waals surface area (Å²) in [6, 6.07) is 0. The number of nitrogen functional groups attached to an aromatic ring is 2. The summed E-state index contributed by atoms with van der Waals surface area (Å²) in [6.07, 6.45) is -6.01. The van der Waals surface area contributed by atoms with Crippen LogP contribution in [-0.4, -0.2) is 110 Å². The minimum absolute atomic E-state index is 0.0772. The number of ether oxygens (including phenoxy) is 3. The van der Waals surface area contributed by atoms with Gasteiger partial charge >= 0.3 is 6.72 Å². The average Bonchev–Trinajstić information content (AvgIpc) is 3.76. The van der Waals surface area contributed by atoms with Gasteiger partial charge in [-0.2, -0.15) is 4.98 Å². The van der Waals surface area contributed by atoms with Gasteiger partial charge in [-0.15, -0.1) is 0 Å². The zero-order chi connectivity index (χ0) is 33.8. The molecule has 0 aromatic carbocycles. The summed E-state index contributed by atoms with van der Waals surface area (Å²) in [5.41, 5.74) is 9.79. The second-order valence-corrected chi connectivity index (χ2v) is 15.4. The molecule has 4 aromatic heterocycles. The Morgan fingerprint density at radius 3 is 2.57 bits per heavy atom. The highest BCUT2D eigenvalue weighted by atomic mass is 32.5. The van der Waals surface area contributed by atoms with Crippen LogP contribution in [0, 0.1) is 0 Å². The summed E-state index contributed by atoms with van der Waals surface area (Å²) in [7, 11) is -1.27. The Hall–Kier alpha value is -2.63. The van der Waals surface area contributed by atoms with Crippen LogP contribution in [0.1, 0.15) is 19.4 Å². The minimum Gasteiger partial charge on any atom is -0.387 e. The number of alkyl halides is 1. The monoisotopic (exact) mass is 738 g/mol. The van der Waals surface area contributed by atoms with Gasteiger partial charge in [-0.1, -0.05) is 0 Å². The highest BCUT2D eigenvalue weighted by Crippen LogP contribution is 2.52. The molecule has 25 heteroatoms. The standard InChI is InChI=1S/C22H29FN10O10P2S2/c1-22(14(34)13(38-2)20(42-22)32-6-28-10-15(24)26-5-27-16(10)32)4-40-45(37,47)43-12-9(23)8(3-39-44(36)46)41-19(12)33-7-29-11-17(33)30-21(25)31-18(11)35/h5-9,12-14,19-20,34,44H,3-4H2,1-2H3,(H,36,46)(H,37,47)(H2,24,26,27)(H3,25,30,31,35)/t8-,9+,12-,13-,14+,19-,20+,22-,45?/m1/s1. The van der Waals surface area contributed by atoms with Crippen molar-refractivity contribution in [3.8, 4) is 0 Å².